The Balaban J connectivity index is 2.32. The van der Waals surface area contributed by atoms with Gasteiger partial charge in [0, 0.05) is 17.4 Å². The number of aliphatic hydroxyl groups excluding tert-OH is 1. The van der Waals surface area contributed by atoms with Crippen molar-refractivity contribution in [3.8, 4) is 0 Å². The summed E-state index contributed by atoms with van der Waals surface area (Å²) in [4.78, 5) is 0. The molecule has 3 N–H and O–H groups in total. The summed E-state index contributed by atoms with van der Waals surface area (Å²) in [5.74, 6) is 0.972. The fourth-order valence-electron chi connectivity index (χ4n) is 2.65. The number of hydrogen-bond donors (Lipinski definition) is 2. The number of aliphatic hydroxyl groups is 1. The van der Waals surface area contributed by atoms with E-state index in [1.165, 1.54) is 0 Å². The lowest BCUT2D eigenvalue weighted by molar-refractivity contribution is 0.186. The van der Waals surface area contributed by atoms with Crippen molar-refractivity contribution in [2.45, 2.75) is 25.2 Å². The van der Waals surface area contributed by atoms with Gasteiger partial charge in [-0.05, 0) is 25.0 Å². The second kappa shape index (κ2) is 3.11. The Labute approximate surface area is 83.9 Å². The first-order chi connectivity index (χ1) is 6.74. The van der Waals surface area contributed by atoms with Crippen LogP contribution in [0, 0.1) is 5.41 Å². The molecule has 1 aliphatic rings. The molecular weight excluding hydrogens is 178 g/mol. The van der Waals surface area contributed by atoms with Crippen LogP contribution in [0.3, 0.4) is 0 Å². The van der Waals surface area contributed by atoms with Crippen molar-refractivity contribution in [3.63, 3.8) is 0 Å². The second-order valence-electron chi connectivity index (χ2n) is 4.23. The van der Waals surface area contributed by atoms with Crippen molar-refractivity contribution in [3.05, 3.63) is 24.2 Å². The van der Waals surface area contributed by atoms with Crippen LogP contribution < -0.4 is 5.73 Å². The Morgan fingerprint density at radius 1 is 1.64 bits per heavy atom. The number of nitrogens with two attached hydrogens (primary N) is 1. The maximum atomic E-state index is 9.40. The summed E-state index contributed by atoms with van der Waals surface area (Å²) in [5, 5.41) is 9.40. The van der Waals surface area contributed by atoms with Gasteiger partial charge in [-0.15, -0.1) is 0 Å². The molecule has 1 saturated carbocycles. The molecule has 78 valence electrons. The third-order valence-corrected chi connectivity index (χ3v) is 3.82. The van der Waals surface area contributed by atoms with Gasteiger partial charge in [0.1, 0.15) is 5.76 Å². The van der Waals surface area contributed by atoms with Crippen LogP contribution in [0.1, 0.15) is 25.5 Å². The number of furan rings is 1. The third kappa shape index (κ3) is 0.996. The Bertz CT molecular complexity index is 303. The molecule has 0 amide bonds. The summed E-state index contributed by atoms with van der Waals surface area (Å²) in [5.41, 5.74) is 5.58. The van der Waals surface area contributed by atoms with Crippen molar-refractivity contribution >= 4 is 0 Å². The van der Waals surface area contributed by atoms with Gasteiger partial charge in [-0.1, -0.05) is 6.92 Å². The van der Waals surface area contributed by atoms with Crippen LogP contribution in [-0.4, -0.2) is 18.3 Å². The molecule has 0 saturated heterocycles. The van der Waals surface area contributed by atoms with Crippen molar-refractivity contribution < 1.29 is 9.52 Å². The third-order valence-electron chi connectivity index (χ3n) is 3.82. The van der Waals surface area contributed by atoms with Crippen LogP contribution >= 0.6 is 0 Å². The largest absolute Gasteiger partial charge is 0.469 e. The number of hydrogen-bond acceptors (Lipinski definition) is 3. The fraction of sp³-hybridized carbons (Fsp3) is 0.636. The van der Waals surface area contributed by atoms with Crippen LogP contribution in [0.5, 0.6) is 0 Å². The predicted octanol–water partition coefficient (Wildman–Crippen LogP) is 1.27. The molecule has 0 aliphatic heterocycles. The lowest BCUT2D eigenvalue weighted by Gasteiger charge is -2.19. The smallest absolute Gasteiger partial charge is 0.110 e. The normalized spacial score (nSPS) is 35.9. The lowest BCUT2D eigenvalue weighted by atomic mass is 9.88. The van der Waals surface area contributed by atoms with E-state index in [2.05, 4.69) is 6.92 Å². The van der Waals surface area contributed by atoms with Gasteiger partial charge < -0.3 is 15.3 Å². The molecule has 3 nitrogen and oxygen atoms in total. The lowest BCUT2D eigenvalue weighted by Crippen LogP contribution is -2.29. The van der Waals surface area contributed by atoms with E-state index < -0.39 is 0 Å². The maximum absolute atomic E-state index is 9.40. The summed E-state index contributed by atoms with van der Waals surface area (Å²) < 4.78 is 5.44. The summed E-state index contributed by atoms with van der Waals surface area (Å²) in [6, 6.07) is 3.88. The topological polar surface area (TPSA) is 59.4 Å². The zero-order chi connectivity index (χ0) is 10.2. The predicted molar refractivity (Wildman–Crippen MR) is 53.9 cm³/mol. The van der Waals surface area contributed by atoms with Gasteiger partial charge in [0.25, 0.3) is 0 Å². The highest BCUT2D eigenvalue weighted by molar-refractivity contribution is 5.32. The Morgan fingerprint density at radius 2 is 2.43 bits per heavy atom. The summed E-state index contributed by atoms with van der Waals surface area (Å²) in [6.45, 7) is 2.80. The average Bonchev–Trinajstić information content (AvgIpc) is 2.62. The monoisotopic (exact) mass is 195 g/mol. The van der Waals surface area contributed by atoms with Crippen LogP contribution in [0.15, 0.2) is 22.8 Å². The van der Waals surface area contributed by atoms with Gasteiger partial charge in [0.05, 0.1) is 12.9 Å². The standard InChI is InChI=1S/C11H17NO2/c1-2-11(9-4-3-5-14-9)6-10(11,7-12)8-13/h3-5,13H,2,6-8,12H2,1H3. The van der Waals surface area contributed by atoms with Gasteiger partial charge in [-0.2, -0.15) is 0 Å². The van der Waals surface area contributed by atoms with Crippen molar-refractivity contribution in [1.29, 1.82) is 0 Å². The summed E-state index contributed by atoms with van der Waals surface area (Å²) in [6.07, 6.45) is 3.60. The van der Waals surface area contributed by atoms with E-state index in [1.807, 2.05) is 12.1 Å². The number of rotatable bonds is 4. The van der Waals surface area contributed by atoms with Crippen LogP contribution in [0.25, 0.3) is 0 Å². The quantitative estimate of drug-likeness (QED) is 0.760. The highest BCUT2D eigenvalue weighted by Gasteiger charge is 2.67. The molecule has 0 spiro atoms. The van der Waals surface area contributed by atoms with Crippen molar-refractivity contribution in [1.82, 2.24) is 0 Å². The van der Waals surface area contributed by atoms with E-state index in [0.717, 1.165) is 18.6 Å². The molecule has 0 radical (unpaired) electrons. The zero-order valence-corrected chi connectivity index (χ0v) is 8.49. The van der Waals surface area contributed by atoms with Gasteiger partial charge in [0.15, 0.2) is 0 Å². The first-order valence-electron chi connectivity index (χ1n) is 5.09. The molecule has 0 aromatic carbocycles. The minimum atomic E-state index is -0.139. The highest BCUT2D eigenvalue weighted by Crippen LogP contribution is 2.65. The van der Waals surface area contributed by atoms with Crippen molar-refractivity contribution in [2.75, 3.05) is 13.2 Å². The first kappa shape index (κ1) is 9.74. The molecule has 14 heavy (non-hydrogen) atoms. The van der Waals surface area contributed by atoms with E-state index >= 15 is 0 Å². The van der Waals surface area contributed by atoms with Crippen molar-refractivity contribution in [2.24, 2.45) is 11.1 Å². The molecule has 2 rings (SSSR count). The molecule has 1 heterocycles. The molecule has 1 aliphatic carbocycles. The first-order valence-corrected chi connectivity index (χ1v) is 5.09. The molecule has 2 unspecified atom stereocenters. The summed E-state index contributed by atoms with van der Waals surface area (Å²) in [7, 11) is 0. The molecular formula is C11H17NO2. The molecule has 1 aromatic heterocycles. The Hall–Kier alpha value is -0.800. The van der Waals surface area contributed by atoms with E-state index in [4.69, 9.17) is 10.2 Å². The summed E-state index contributed by atoms with van der Waals surface area (Å²) >= 11 is 0. The van der Waals surface area contributed by atoms with Gasteiger partial charge in [0.2, 0.25) is 0 Å². The van der Waals surface area contributed by atoms with E-state index in [1.54, 1.807) is 6.26 Å². The molecule has 0 bridgehead atoms. The fourth-order valence-corrected chi connectivity index (χ4v) is 2.65. The molecule has 2 atom stereocenters. The minimum absolute atomic E-state index is 0.0139. The van der Waals surface area contributed by atoms with Gasteiger partial charge in [-0.25, -0.2) is 0 Å². The van der Waals surface area contributed by atoms with Gasteiger partial charge in [-0.3, -0.25) is 0 Å². The Kier molecular flexibility index (Phi) is 2.16. The van der Waals surface area contributed by atoms with Crippen LogP contribution in [0.2, 0.25) is 0 Å². The SMILES string of the molecule is CCC1(c2ccco2)CC1(CN)CO. The van der Waals surface area contributed by atoms with E-state index in [9.17, 15) is 5.11 Å². The maximum Gasteiger partial charge on any atom is 0.110 e. The highest BCUT2D eigenvalue weighted by atomic mass is 16.3. The van der Waals surface area contributed by atoms with Gasteiger partial charge >= 0.3 is 0 Å². The zero-order valence-electron chi connectivity index (χ0n) is 8.49. The molecule has 1 aromatic rings. The second-order valence-corrected chi connectivity index (χ2v) is 4.23. The van der Waals surface area contributed by atoms with E-state index in [0.29, 0.717) is 6.54 Å². The van der Waals surface area contributed by atoms with Crippen LogP contribution in [0.4, 0.5) is 0 Å². The van der Waals surface area contributed by atoms with Crippen LogP contribution in [-0.2, 0) is 5.41 Å². The Morgan fingerprint density at radius 3 is 2.79 bits per heavy atom. The molecule has 1 fully saturated rings. The van der Waals surface area contributed by atoms with E-state index in [-0.39, 0.29) is 17.4 Å². The molecule has 3 heteroatoms. The minimum Gasteiger partial charge on any atom is -0.469 e. The average molecular weight is 195 g/mol.